The van der Waals surface area contributed by atoms with Gasteiger partial charge in [0.05, 0.1) is 11.0 Å². The van der Waals surface area contributed by atoms with Crippen molar-refractivity contribution in [3.05, 3.63) is 53.4 Å². The number of hydrogen-bond donors (Lipinski definition) is 0. The van der Waals surface area contributed by atoms with Crippen LogP contribution in [0.1, 0.15) is 18.5 Å². The van der Waals surface area contributed by atoms with Gasteiger partial charge in [0.1, 0.15) is 0 Å². The Morgan fingerprint density at radius 3 is 2.40 bits per heavy atom. The van der Waals surface area contributed by atoms with Gasteiger partial charge in [-0.2, -0.15) is 0 Å². The third-order valence-corrected chi connectivity index (χ3v) is 4.98. The first-order chi connectivity index (χ1) is 12.2. The highest BCUT2D eigenvalue weighted by Crippen LogP contribution is 2.25. The molecule has 0 N–H and O–H groups in total. The molecule has 0 radical (unpaired) electrons. The fourth-order valence-electron chi connectivity index (χ4n) is 3.27. The summed E-state index contributed by atoms with van der Waals surface area (Å²) in [5, 5.41) is 8.53. The average Bonchev–Trinajstić information content (AvgIpc) is 2.68. The van der Waals surface area contributed by atoms with E-state index in [4.69, 9.17) is 11.6 Å². The van der Waals surface area contributed by atoms with E-state index < -0.39 is 0 Å². The SMILES string of the molecule is CC(c1ccc2nccnc2c1)N1CCN(c2ccc(Cl)nn2)CC1. The van der Waals surface area contributed by atoms with E-state index in [0.717, 1.165) is 43.0 Å². The van der Waals surface area contributed by atoms with Crippen molar-refractivity contribution in [3.8, 4) is 0 Å². The highest BCUT2D eigenvalue weighted by Gasteiger charge is 2.23. The third kappa shape index (κ3) is 3.41. The Balaban J connectivity index is 1.45. The van der Waals surface area contributed by atoms with Crippen molar-refractivity contribution < 1.29 is 0 Å². The first kappa shape index (κ1) is 16.2. The van der Waals surface area contributed by atoms with Crippen LogP contribution in [0, 0.1) is 0 Å². The van der Waals surface area contributed by atoms with Crippen molar-refractivity contribution in [2.75, 3.05) is 31.1 Å². The predicted molar refractivity (Wildman–Crippen MR) is 98.8 cm³/mol. The quantitative estimate of drug-likeness (QED) is 0.720. The van der Waals surface area contributed by atoms with Gasteiger partial charge in [-0.15, -0.1) is 10.2 Å². The second-order valence-corrected chi connectivity index (χ2v) is 6.60. The summed E-state index contributed by atoms with van der Waals surface area (Å²) in [7, 11) is 0. The molecule has 1 saturated heterocycles. The van der Waals surface area contributed by atoms with Gasteiger partial charge in [-0.3, -0.25) is 14.9 Å². The Bertz CT molecular complexity index is 861. The summed E-state index contributed by atoms with van der Waals surface area (Å²) in [6.07, 6.45) is 3.47. The van der Waals surface area contributed by atoms with Crippen molar-refractivity contribution in [1.29, 1.82) is 0 Å². The molecule has 1 aliphatic heterocycles. The number of hydrogen-bond acceptors (Lipinski definition) is 6. The molecular weight excluding hydrogens is 336 g/mol. The van der Waals surface area contributed by atoms with Crippen LogP contribution in [0.3, 0.4) is 0 Å². The Morgan fingerprint density at radius 2 is 1.68 bits per heavy atom. The highest BCUT2D eigenvalue weighted by atomic mass is 35.5. The lowest BCUT2D eigenvalue weighted by Gasteiger charge is -2.38. The fourth-order valence-corrected chi connectivity index (χ4v) is 3.37. The first-order valence-corrected chi connectivity index (χ1v) is 8.77. The standard InChI is InChI=1S/C18H19ClN6/c1-13(14-2-3-15-16(12-14)21-7-6-20-15)24-8-10-25(11-9-24)18-5-4-17(19)22-23-18/h2-7,12-13H,8-11H2,1H3. The molecule has 0 bridgehead atoms. The number of nitrogens with zero attached hydrogens (tertiary/aromatic N) is 6. The lowest BCUT2D eigenvalue weighted by Crippen LogP contribution is -2.47. The van der Waals surface area contributed by atoms with Crippen LogP contribution in [0.15, 0.2) is 42.7 Å². The molecule has 128 valence electrons. The van der Waals surface area contributed by atoms with Gasteiger partial charge in [-0.05, 0) is 36.8 Å². The molecule has 0 amide bonds. The number of halogens is 1. The summed E-state index contributed by atoms with van der Waals surface area (Å²) in [6, 6.07) is 10.4. The molecule has 1 fully saturated rings. The summed E-state index contributed by atoms with van der Waals surface area (Å²) in [5.74, 6) is 0.887. The average molecular weight is 355 g/mol. The van der Waals surface area contributed by atoms with Gasteiger partial charge in [-0.1, -0.05) is 17.7 Å². The largest absolute Gasteiger partial charge is 0.353 e. The number of rotatable bonds is 3. The van der Waals surface area contributed by atoms with Gasteiger partial charge in [0.2, 0.25) is 0 Å². The topological polar surface area (TPSA) is 58.0 Å². The number of benzene rings is 1. The van der Waals surface area contributed by atoms with Gasteiger partial charge in [0.25, 0.3) is 0 Å². The van der Waals surface area contributed by atoms with Gasteiger partial charge in [-0.25, -0.2) is 0 Å². The molecular formula is C18H19ClN6. The van der Waals surface area contributed by atoms with Crippen molar-refractivity contribution in [2.45, 2.75) is 13.0 Å². The molecule has 4 rings (SSSR count). The lowest BCUT2D eigenvalue weighted by atomic mass is 10.0. The van der Waals surface area contributed by atoms with E-state index in [1.807, 2.05) is 12.1 Å². The van der Waals surface area contributed by atoms with Crippen LogP contribution in [0.5, 0.6) is 0 Å². The molecule has 25 heavy (non-hydrogen) atoms. The number of anilines is 1. The second-order valence-electron chi connectivity index (χ2n) is 6.22. The third-order valence-electron chi connectivity index (χ3n) is 4.78. The van der Waals surface area contributed by atoms with Gasteiger partial charge >= 0.3 is 0 Å². The summed E-state index contributed by atoms with van der Waals surface area (Å²) in [5.41, 5.74) is 3.15. The van der Waals surface area contributed by atoms with Crippen LogP contribution < -0.4 is 4.90 Å². The predicted octanol–water partition coefficient (Wildman–Crippen LogP) is 2.96. The maximum absolute atomic E-state index is 5.81. The lowest BCUT2D eigenvalue weighted by molar-refractivity contribution is 0.198. The molecule has 7 heteroatoms. The van der Waals surface area contributed by atoms with E-state index in [9.17, 15) is 0 Å². The van der Waals surface area contributed by atoms with E-state index in [-0.39, 0.29) is 0 Å². The molecule has 2 aromatic heterocycles. The van der Waals surface area contributed by atoms with Crippen molar-refractivity contribution in [3.63, 3.8) is 0 Å². The first-order valence-electron chi connectivity index (χ1n) is 8.39. The van der Waals surface area contributed by atoms with E-state index in [1.54, 1.807) is 18.5 Å². The number of fused-ring (bicyclic) bond motifs is 1. The Kier molecular flexibility index (Phi) is 4.46. The van der Waals surface area contributed by atoms with E-state index in [1.165, 1.54) is 5.56 Å². The summed E-state index contributed by atoms with van der Waals surface area (Å²) >= 11 is 5.81. The summed E-state index contributed by atoms with van der Waals surface area (Å²) < 4.78 is 0. The Morgan fingerprint density at radius 1 is 0.920 bits per heavy atom. The maximum atomic E-state index is 5.81. The molecule has 0 saturated carbocycles. The smallest absolute Gasteiger partial charge is 0.151 e. The van der Waals surface area contributed by atoms with Gasteiger partial charge < -0.3 is 4.90 Å². The number of piperazine rings is 1. The second kappa shape index (κ2) is 6.90. The fraction of sp³-hybridized carbons (Fsp3) is 0.333. The minimum absolute atomic E-state index is 0.338. The normalized spacial score (nSPS) is 17.0. The molecule has 1 atom stereocenters. The van der Waals surface area contributed by atoms with Crippen LogP contribution in [0.2, 0.25) is 5.15 Å². The minimum atomic E-state index is 0.338. The van der Waals surface area contributed by atoms with Crippen molar-refractivity contribution in [1.82, 2.24) is 25.1 Å². The van der Waals surface area contributed by atoms with Crippen LogP contribution in [-0.4, -0.2) is 51.2 Å². The van der Waals surface area contributed by atoms with Crippen molar-refractivity contribution in [2.24, 2.45) is 0 Å². The maximum Gasteiger partial charge on any atom is 0.151 e. The van der Waals surface area contributed by atoms with Crippen LogP contribution in [-0.2, 0) is 0 Å². The van der Waals surface area contributed by atoms with Gasteiger partial charge in [0.15, 0.2) is 11.0 Å². The molecule has 1 unspecified atom stereocenters. The highest BCUT2D eigenvalue weighted by molar-refractivity contribution is 6.29. The molecule has 3 heterocycles. The molecule has 1 aliphatic rings. The molecule has 1 aromatic carbocycles. The zero-order valence-electron chi connectivity index (χ0n) is 14.0. The number of aromatic nitrogens is 4. The summed E-state index contributed by atoms with van der Waals surface area (Å²) in [4.78, 5) is 13.5. The van der Waals surface area contributed by atoms with Gasteiger partial charge in [0, 0.05) is 44.6 Å². The molecule has 0 spiro atoms. The zero-order valence-corrected chi connectivity index (χ0v) is 14.8. The van der Waals surface area contributed by atoms with Crippen LogP contribution in [0.25, 0.3) is 11.0 Å². The van der Waals surface area contributed by atoms with Crippen molar-refractivity contribution >= 4 is 28.5 Å². The molecule has 6 nitrogen and oxygen atoms in total. The van der Waals surface area contributed by atoms with Crippen LogP contribution in [0.4, 0.5) is 5.82 Å². The Labute approximate surface area is 151 Å². The van der Waals surface area contributed by atoms with E-state index in [2.05, 4.69) is 49.0 Å². The minimum Gasteiger partial charge on any atom is -0.353 e. The Hall–Kier alpha value is -2.31. The molecule has 3 aromatic rings. The van der Waals surface area contributed by atoms with Crippen LogP contribution >= 0.6 is 11.6 Å². The zero-order chi connectivity index (χ0) is 17.2. The van der Waals surface area contributed by atoms with E-state index in [0.29, 0.717) is 11.2 Å². The monoisotopic (exact) mass is 354 g/mol. The van der Waals surface area contributed by atoms with E-state index >= 15 is 0 Å². The molecule has 0 aliphatic carbocycles. The summed E-state index contributed by atoms with van der Waals surface area (Å²) in [6.45, 7) is 6.05.